The first kappa shape index (κ1) is 16.1. The molecule has 0 heterocycles. The molecule has 0 fully saturated rings. The van der Waals surface area contributed by atoms with Crippen molar-refractivity contribution in [2.75, 3.05) is 31.2 Å². The molecule has 19 heavy (non-hydrogen) atoms. The summed E-state index contributed by atoms with van der Waals surface area (Å²) in [4.78, 5) is 0. The summed E-state index contributed by atoms with van der Waals surface area (Å²) in [6, 6.07) is 9.94. The fourth-order valence-electron chi connectivity index (χ4n) is 1.49. The molecule has 0 saturated carbocycles. The fourth-order valence-corrected chi connectivity index (χ4v) is 2.04. The van der Waals surface area contributed by atoms with Crippen molar-refractivity contribution < 1.29 is 9.84 Å². The van der Waals surface area contributed by atoms with Crippen molar-refractivity contribution in [2.45, 2.75) is 12.7 Å². The Balaban J connectivity index is 1.96. The first-order valence-corrected chi connectivity index (χ1v) is 7.50. The maximum absolute atomic E-state index is 9.70. The second-order valence-electron chi connectivity index (χ2n) is 4.12. The van der Waals surface area contributed by atoms with Gasteiger partial charge in [0.25, 0.3) is 0 Å². The third kappa shape index (κ3) is 8.68. The van der Waals surface area contributed by atoms with Gasteiger partial charge in [-0.15, -0.1) is 18.2 Å². The van der Waals surface area contributed by atoms with Crippen molar-refractivity contribution in [3.8, 4) is 12.3 Å². The minimum absolute atomic E-state index is 0.347. The molecule has 104 valence electrons. The summed E-state index contributed by atoms with van der Waals surface area (Å²) in [7, 11) is 0. The number of rotatable bonds is 10. The summed E-state index contributed by atoms with van der Waals surface area (Å²) in [6.45, 7) is 2.28. The molecule has 0 saturated heterocycles. The zero-order chi connectivity index (χ0) is 13.8. The summed E-state index contributed by atoms with van der Waals surface area (Å²) in [6.07, 6.45) is 4.68. The predicted molar refractivity (Wildman–Crippen MR) is 81.1 cm³/mol. The highest BCUT2D eigenvalue weighted by atomic mass is 32.2. The van der Waals surface area contributed by atoms with Crippen LogP contribution in [0.3, 0.4) is 0 Å². The van der Waals surface area contributed by atoms with Crippen LogP contribution in [-0.4, -0.2) is 42.4 Å². The van der Waals surface area contributed by atoms with Crippen molar-refractivity contribution in [3.05, 3.63) is 35.9 Å². The lowest BCUT2D eigenvalue weighted by atomic mass is 10.2. The van der Waals surface area contributed by atoms with Crippen molar-refractivity contribution in [1.82, 2.24) is 5.32 Å². The highest BCUT2D eigenvalue weighted by molar-refractivity contribution is 7.99. The van der Waals surface area contributed by atoms with E-state index in [1.54, 1.807) is 11.8 Å². The summed E-state index contributed by atoms with van der Waals surface area (Å²) in [5, 5.41) is 12.9. The van der Waals surface area contributed by atoms with E-state index in [0.29, 0.717) is 19.8 Å². The summed E-state index contributed by atoms with van der Waals surface area (Å²) in [5.74, 6) is 4.28. The van der Waals surface area contributed by atoms with Gasteiger partial charge in [0.05, 0.1) is 25.1 Å². The topological polar surface area (TPSA) is 41.5 Å². The van der Waals surface area contributed by atoms with Gasteiger partial charge in [0.15, 0.2) is 0 Å². The minimum Gasteiger partial charge on any atom is -0.389 e. The van der Waals surface area contributed by atoms with Crippen LogP contribution in [0, 0.1) is 12.3 Å². The number of aliphatic hydroxyl groups excluding tert-OH is 1. The van der Waals surface area contributed by atoms with E-state index in [2.05, 4.69) is 11.2 Å². The molecule has 1 rings (SSSR count). The Morgan fingerprint density at radius 1 is 1.37 bits per heavy atom. The van der Waals surface area contributed by atoms with Crippen molar-refractivity contribution >= 4 is 11.8 Å². The second kappa shape index (κ2) is 10.9. The lowest BCUT2D eigenvalue weighted by Gasteiger charge is -2.12. The lowest BCUT2D eigenvalue weighted by molar-refractivity contribution is 0.0291. The van der Waals surface area contributed by atoms with Gasteiger partial charge in [-0.25, -0.2) is 0 Å². The number of hydrogen-bond donors (Lipinski definition) is 2. The molecule has 0 radical (unpaired) electrons. The molecular formula is C15H21NO2S. The van der Waals surface area contributed by atoms with Gasteiger partial charge in [-0.1, -0.05) is 36.3 Å². The standard InChI is InChI=1S/C15H21NO2S/c1-2-9-19-10-8-16-11-15(17)13-18-12-14-6-4-3-5-7-14/h1,3-7,15-17H,8-13H2. The Hall–Kier alpha value is -0.990. The smallest absolute Gasteiger partial charge is 0.0897 e. The number of aliphatic hydroxyl groups is 1. The molecule has 1 unspecified atom stereocenters. The van der Waals surface area contributed by atoms with Crippen molar-refractivity contribution in [2.24, 2.45) is 0 Å². The maximum Gasteiger partial charge on any atom is 0.0897 e. The predicted octanol–water partition coefficient (Wildman–Crippen LogP) is 1.52. The van der Waals surface area contributed by atoms with E-state index >= 15 is 0 Å². The Morgan fingerprint density at radius 2 is 2.16 bits per heavy atom. The first-order valence-electron chi connectivity index (χ1n) is 6.34. The zero-order valence-electron chi connectivity index (χ0n) is 11.0. The first-order chi connectivity index (χ1) is 9.33. The summed E-state index contributed by atoms with van der Waals surface area (Å²) >= 11 is 1.71. The van der Waals surface area contributed by atoms with E-state index in [-0.39, 0.29) is 0 Å². The molecule has 0 aliphatic rings. The average Bonchev–Trinajstić information content (AvgIpc) is 2.44. The monoisotopic (exact) mass is 279 g/mol. The summed E-state index contributed by atoms with van der Waals surface area (Å²) in [5.41, 5.74) is 1.12. The van der Waals surface area contributed by atoms with Gasteiger partial charge < -0.3 is 15.2 Å². The highest BCUT2D eigenvalue weighted by Gasteiger charge is 2.03. The Kier molecular flexibility index (Phi) is 9.21. The molecule has 0 spiro atoms. The second-order valence-corrected chi connectivity index (χ2v) is 5.22. The number of benzene rings is 1. The quantitative estimate of drug-likeness (QED) is 0.503. The van der Waals surface area contributed by atoms with Crippen LogP contribution in [0.15, 0.2) is 30.3 Å². The van der Waals surface area contributed by atoms with E-state index in [9.17, 15) is 5.11 Å². The molecule has 0 bridgehead atoms. The molecule has 4 heteroatoms. The number of thioether (sulfide) groups is 1. The van der Waals surface area contributed by atoms with Gasteiger partial charge in [0.2, 0.25) is 0 Å². The van der Waals surface area contributed by atoms with Gasteiger partial charge in [-0.3, -0.25) is 0 Å². The molecule has 3 nitrogen and oxygen atoms in total. The van der Waals surface area contributed by atoms with Gasteiger partial charge in [-0.05, 0) is 5.56 Å². The zero-order valence-corrected chi connectivity index (χ0v) is 11.9. The van der Waals surface area contributed by atoms with Crippen LogP contribution < -0.4 is 5.32 Å². The number of nitrogens with one attached hydrogen (secondary N) is 1. The van der Waals surface area contributed by atoms with Crippen LogP contribution in [0.2, 0.25) is 0 Å². The van der Waals surface area contributed by atoms with Gasteiger partial charge in [0, 0.05) is 18.8 Å². The largest absolute Gasteiger partial charge is 0.389 e. The third-order valence-electron chi connectivity index (χ3n) is 2.41. The Morgan fingerprint density at radius 3 is 2.89 bits per heavy atom. The Labute approximate surface area is 119 Å². The highest BCUT2D eigenvalue weighted by Crippen LogP contribution is 2.01. The number of ether oxygens (including phenoxy) is 1. The van der Waals surface area contributed by atoms with E-state index < -0.39 is 6.10 Å². The van der Waals surface area contributed by atoms with Gasteiger partial charge in [-0.2, -0.15) is 0 Å². The van der Waals surface area contributed by atoms with Crippen LogP contribution in [0.1, 0.15) is 5.56 Å². The van der Waals surface area contributed by atoms with Crippen LogP contribution in [-0.2, 0) is 11.3 Å². The number of terminal acetylenes is 1. The molecule has 0 aliphatic carbocycles. The number of hydrogen-bond acceptors (Lipinski definition) is 4. The van der Waals surface area contributed by atoms with Crippen molar-refractivity contribution in [3.63, 3.8) is 0 Å². The fraction of sp³-hybridized carbons (Fsp3) is 0.467. The van der Waals surface area contributed by atoms with Crippen LogP contribution >= 0.6 is 11.8 Å². The van der Waals surface area contributed by atoms with E-state index in [0.717, 1.165) is 23.6 Å². The Bertz CT molecular complexity index is 364. The molecule has 1 aromatic carbocycles. The van der Waals surface area contributed by atoms with E-state index in [4.69, 9.17) is 11.2 Å². The molecule has 0 amide bonds. The van der Waals surface area contributed by atoms with Crippen LogP contribution in [0.4, 0.5) is 0 Å². The van der Waals surface area contributed by atoms with Crippen LogP contribution in [0.5, 0.6) is 0 Å². The molecule has 2 N–H and O–H groups in total. The maximum atomic E-state index is 9.70. The normalized spacial score (nSPS) is 12.0. The van der Waals surface area contributed by atoms with E-state index in [1.807, 2.05) is 30.3 Å². The van der Waals surface area contributed by atoms with Crippen LogP contribution in [0.25, 0.3) is 0 Å². The lowest BCUT2D eigenvalue weighted by Crippen LogP contribution is -2.31. The average molecular weight is 279 g/mol. The van der Waals surface area contributed by atoms with Gasteiger partial charge >= 0.3 is 0 Å². The third-order valence-corrected chi connectivity index (χ3v) is 3.27. The summed E-state index contributed by atoms with van der Waals surface area (Å²) < 4.78 is 5.46. The van der Waals surface area contributed by atoms with Crippen molar-refractivity contribution in [1.29, 1.82) is 0 Å². The molecule has 1 aromatic rings. The SMILES string of the molecule is C#CCSCCNCC(O)COCc1ccccc1. The molecular weight excluding hydrogens is 258 g/mol. The minimum atomic E-state index is -0.471. The van der Waals surface area contributed by atoms with E-state index in [1.165, 1.54) is 0 Å². The molecule has 0 aliphatic heterocycles. The molecule has 1 atom stereocenters. The van der Waals surface area contributed by atoms with Gasteiger partial charge in [0.1, 0.15) is 0 Å². The molecule has 0 aromatic heterocycles.